The first kappa shape index (κ1) is 14.9. The number of sulfonamides is 1. The topological polar surface area (TPSA) is 70.0 Å². The lowest BCUT2D eigenvalue weighted by molar-refractivity contribution is 0.601. The summed E-state index contributed by atoms with van der Waals surface area (Å²) in [6.07, 6.45) is 0. The highest BCUT2D eigenvalue weighted by atomic mass is 79.9. The second-order valence-electron chi connectivity index (χ2n) is 3.84. The van der Waals surface area contributed by atoms with Crippen LogP contribution in [-0.4, -0.2) is 8.42 Å². The van der Waals surface area contributed by atoms with Gasteiger partial charge in [0.1, 0.15) is 11.0 Å². The standard InChI is InChI=1S/C13H8BrClN2O2S/c14-10-5-6-12(9(7-10)8-16)17-20(18,19)13-4-2-1-3-11(13)15/h1-7,17H. The Morgan fingerprint density at radius 3 is 2.55 bits per heavy atom. The Morgan fingerprint density at radius 2 is 1.90 bits per heavy atom. The van der Waals surface area contributed by atoms with E-state index < -0.39 is 10.0 Å². The van der Waals surface area contributed by atoms with Gasteiger partial charge in [-0.25, -0.2) is 8.42 Å². The van der Waals surface area contributed by atoms with Crippen molar-refractivity contribution in [3.8, 4) is 6.07 Å². The SMILES string of the molecule is N#Cc1cc(Br)ccc1NS(=O)(=O)c1ccccc1Cl. The number of benzene rings is 2. The smallest absolute Gasteiger partial charge is 0.263 e. The van der Waals surface area contributed by atoms with Crippen molar-refractivity contribution >= 4 is 43.2 Å². The van der Waals surface area contributed by atoms with Gasteiger partial charge in [-0.15, -0.1) is 0 Å². The zero-order valence-corrected chi connectivity index (χ0v) is 13.1. The summed E-state index contributed by atoms with van der Waals surface area (Å²) in [5.74, 6) is 0. The molecule has 2 aromatic carbocycles. The lowest BCUT2D eigenvalue weighted by Crippen LogP contribution is -2.14. The quantitative estimate of drug-likeness (QED) is 0.892. The maximum atomic E-state index is 12.3. The molecule has 0 aliphatic carbocycles. The van der Waals surface area contributed by atoms with E-state index in [1.54, 1.807) is 18.2 Å². The van der Waals surface area contributed by atoms with Gasteiger partial charge in [-0.1, -0.05) is 39.7 Å². The molecular weight excluding hydrogens is 364 g/mol. The largest absolute Gasteiger partial charge is 0.278 e. The minimum absolute atomic E-state index is 0.0338. The van der Waals surface area contributed by atoms with Crippen molar-refractivity contribution in [2.75, 3.05) is 4.72 Å². The molecule has 0 saturated carbocycles. The van der Waals surface area contributed by atoms with E-state index in [-0.39, 0.29) is 21.2 Å². The van der Waals surface area contributed by atoms with Crippen LogP contribution in [0.1, 0.15) is 5.56 Å². The highest BCUT2D eigenvalue weighted by Crippen LogP contribution is 2.26. The summed E-state index contributed by atoms with van der Waals surface area (Å²) in [6.45, 7) is 0. The number of nitrogens with zero attached hydrogens (tertiary/aromatic N) is 1. The molecule has 102 valence electrons. The van der Waals surface area contributed by atoms with Gasteiger partial charge in [0.2, 0.25) is 0 Å². The molecule has 0 spiro atoms. The van der Waals surface area contributed by atoms with Crippen LogP contribution in [0.5, 0.6) is 0 Å². The highest BCUT2D eigenvalue weighted by molar-refractivity contribution is 9.10. The molecule has 0 unspecified atom stereocenters. The second-order valence-corrected chi connectivity index (χ2v) is 6.81. The third-order valence-electron chi connectivity index (χ3n) is 2.47. The van der Waals surface area contributed by atoms with E-state index in [0.717, 1.165) is 0 Å². The van der Waals surface area contributed by atoms with Gasteiger partial charge in [0.05, 0.1) is 16.3 Å². The van der Waals surface area contributed by atoms with E-state index in [9.17, 15) is 8.42 Å². The Kier molecular flexibility index (Phi) is 4.33. The average molecular weight is 372 g/mol. The molecule has 0 aliphatic rings. The van der Waals surface area contributed by atoms with Gasteiger partial charge in [-0.2, -0.15) is 5.26 Å². The monoisotopic (exact) mass is 370 g/mol. The summed E-state index contributed by atoms with van der Waals surface area (Å²) in [7, 11) is -3.84. The van der Waals surface area contributed by atoms with Gasteiger partial charge in [0.15, 0.2) is 0 Å². The van der Waals surface area contributed by atoms with E-state index in [1.807, 2.05) is 6.07 Å². The Bertz CT molecular complexity index is 800. The Balaban J connectivity index is 2.45. The molecular formula is C13H8BrClN2O2S. The third-order valence-corrected chi connectivity index (χ3v) is 4.83. The summed E-state index contributed by atoms with van der Waals surface area (Å²) in [5, 5.41) is 9.15. The van der Waals surface area contributed by atoms with E-state index in [1.165, 1.54) is 24.3 Å². The van der Waals surface area contributed by atoms with Gasteiger partial charge >= 0.3 is 0 Å². The zero-order valence-electron chi connectivity index (χ0n) is 9.97. The molecule has 0 aliphatic heterocycles. The summed E-state index contributed by atoms with van der Waals surface area (Å²) in [4.78, 5) is -0.0338. The molecule has 4 nitrogen and oxygen atoms in total. The van der Waals surface area contributed by atoms with Gasteiger partial charge in [0.25, 0.3) is 10.0 Å². The molecule has 0 aromatic heterocycles. The maximum Gasteiger partial charge on any atom is 0.263 e. The fourth-order valence-corrected chi connectivity index (χ4v) is 3.52. The Labute approximate surface area is 130 Å². The van der Waals surface area contributed by atoms with Crippen molar-refractivity contribution in [3.63, 3.8) is 0 Å². The Morgan fingerprint density at radius 1 is 1.20 bits per heavy atom. The van der Waals surface area contributed by atoms with Crippen LogP contribution >= 0.6 is 27.5 Å². The van der Waals surface area contributed by atoms with Crippen molar-refractivity contribution in [1.29, 1.82) is 5.26 Å². The molecule has 0 saturated heterocycles. The molecule has 0 bridgehead atoms. The lowest BCUT2D eigenvalue weighted by Gasteiger charge is -2.10. The molecule has 0 atom stereocenters. The molecule has 2 aromatic rings. The van der Waals surface area contributed by atoms with Crippen molar-refractivity contribution in [3.05, 3.63) is 57.5 Å². The van der Waals surface area contributed by atoms with Crippen LogP contribution < -0.4 is 4.72 Å². The number of halogens is 2. The number of rotatable bonds is 3. The van der Waals surface area contributed by atoms with Gasteiger partial charge in [-0.3, -0.25) is 4.72 Å². The number of nitriles is 1. The minimum Gasteiger partial charge on any atom is -0.278 e. The van der Waals surface area contributed by atoms with Crippen LogP contribution in [0.4, 0.5) is 5.69 Å². The molecule has 0 amide bonds. The summed E-state index contributed by atoms with van der Waals surface area (Å²) >= 11 is 9.11. The van der Waals surface area contributed by atoms with E-state index in [2.05, 4.69) is 20.7 Å². The van der Waals surface area contributed by atoms with Gasteiger partial charge in [-0.05, 0) is 30.3 Å². The van der Waals surface area contributed by atoms with Crippen molar-refractivity contribution in [2.45, 2.75) is 4.90 Å². The fourth-order valence-electron chi connectivity index (χ4n) is 1.56. The van der Waals surface area contributed by atoms with Crippen LogP contribution in [0.15, 0.2) is 51.8 Å². The first-order chi connectivity index (χ1) is 9.44. The van der Waals surface area contributed by atoms with Crippen molar-refractivity contribution < 1.29 is 8.42 Å². The van der Waals surface area contributed by atoms with Gasteiger partial charge < -0.3 is 0 Å². The molecule has 20 heavy (non-hydrogen) atoms. The Hall–Kier alpha value is -1.55. The lowest BCUT2D eigenvalue weighted by atomic mass is 10.2. The average Bonchev–Trinajstić information content (AvgIpc) is 2.41. The summed E-state index contributed by atoms with van der Waals surface area (Å²) in [6, 6.07) is 12.7. The number of hydrogen-bond donors (Lipinski definition) is 1. The van der Waals surface area contributed by atoms with Crippen LogP contribution in [-0.2, 0) is 10.0 Å². The van der Waals surface area contributed by atoms with E-state index in [0.29, 0.717) is 4.47 Å². The van der Waals surface area contributed by atoms with Crippen LogP contribution in [0.2, 0.25) is 5.02 Å². The van der Waals surface area contributed by atoms with Crippen LogP contribution in [0.3, 0.4) is 0 Å². The number of nitrogens with one attached hydrogen (secondary N) is 1. The van der Waals surface area contributed by atoms with Gasteiger partial charge in [0, 0.05) is 4.47 Å². The first-order valence-electron chi connectivity index (χ1n) is 5.41. The van der Waals surface area contributed by atoms with Crippen LogP contribution in [0, 0.1) is 11.3 Å². The predicted molar refractivity (Wildman–Crippen MR) is 81.1 cm³/mol. The molecule has 7 heteroatoms. The minimum atomic E-state index is -3.84. The number of anilines is 1. The van der Waals surface area contributed by atoms with Crippen molar-refractivity contribution in [2.24, 2.45) is 0 Å². The van der Waals surface area contributed by atoms with Crippen LogP contribution in [0.25, 0.3) is 0 Å². The normalized spacial score (nSPS) is 10.8. The molecule has 0 radical (unpaired) electrons. The third kappa shape index (κ3) is 3.12. The predicted octanol–water partition coefficient (Wildman–Crippen LogP) is 3.77. The molecule has 2 rings (SSSR count). The first-order valence-corrected chi connectivity index (χ1v) is 8.06. The molecule has 1 N–H and O–H groups in total. The summed E-state index contributed by atoms with van der Waals surface area (Å²) in [5.41, 5.74) is 0.422. The zero-order chi connectivity index (χ0) is 14.8. The second kappa shape index (κ2) is 5.83. The van der Waals surface area contributed by atoms with E-state index >= 15 is 0 Å². The molecule has 0 heterocycles. The molecule has 0 fully saturated rings. The fraction of sp³-hybridized carbons (Fsp3) is 0. The van der Waals surface area contributed by atoms with Crippen molar-refractivity contribution in [1.82, 2.24) is 0 Å². The highest BCUT2D eigenvalue weighted by Gasteiger charge is 2.18. The summed E-state index contributed by atoms with van der Waals surface area (Å²) < 4.78 is 27.6. The number of hydrogen-bond acceptors (Lipinski definition) is 3. The van der Waals surface area contributed by atoms with E-state index in [4.69, 9.17) is 16.9 Å². The maximum absolute atomic E-state index is 12.3.